The molecule has 2 aromatic rings. The fourth-order valence-corrected chi connectivity index (χ4v) is 2.22. The lowest BCUT2D eigenvalue weighted by Gasteiger charge is -2.00. The Balaban J connectivity index is 2.31. The molecular weight excluding hydrogens is 260 g/mol. The molecule has 3 heteroatoms. The van der Waals surface area contributed by atoms with E-state index in [1.54, 1.807) is 6.26 Å². The molecule has 2 heterocycles. The predicted octanol–water partition coefficient (Wildman–Crippen LogP) is 3.06. The highest BCUT2D eigenvalue weighted by Gasteiger charge is 2.02. The molecule has 110 valence electrons. The number of furan rings is 1. The smallest absolute Gasteiger partial charge is 0.124 e. The van der Waals surface area contributed by atoms with E-state index in [1.807, 2.05) is 13.0 Å². The molecule has 1 N–H and O–H groups in total. The zero-order valence-corrected chi connectivity index (χ0v) is 12.7. The van der Waals surface area contributed by atoms with Gasteiger partial charge in [-0.3, -0.25) is 0 Å². The molecule has 0 aliphatic heterocycles. The first-order chi connectivity index (χ1) is 10.3. The molecule has 0 spiro atoms. The van der Waals surface area contributed by atoms with Gasteiger partial charge >= 0.3 is 0 Å². The maximum Gasteiger partial charge on any atom is 0.124 e. The standard InChI is InChI=1S/C18H22N2O/c1-3-5-6-7-8-18-16(4-2)9-10-20(18)13-17-11-15(12-19)14-21-17/h4,6-12,14,19H,3,5,13H2,1-2H3/b7-6-,16-4-,18-8+,19-12?. The number of hydrogen-bond donors (Lipinski definition) is 1. The summed E-state index contributed by atoms with van der Waals surface area (Å²) in [5.74, 6) is 0.860. The van der Waals surface area contributed by atoms with Gasteiger partial charge in [0.2, 0.25) is 0 Å². The third-order valence-corrected chi connectivity index (χ3v) is 3.36. The Kier molecular flexibility index (Phi) is 5.38. The summed E-state index contributed by atoms with van der Waals surface area (Å²) in [5, 5.41) is 9.63. The summed E-state index contributed by atoms with van der Waals surface area (Å²) >= 11 is 0. The van der Waals surface area contributed by atoms with Crippen LogP contribution < -0.4 is 10.6 Å². The highest BCUT2D eigenvalue weighted by Crippen LogP contribution is 2.06. The van der Waals surface area contributed by atoms with Gasteiger partial charge in [0.25, 0.3) is 0 Å². The minimum absolute atomic E-state index is 0.676. The average molecular weight is 282 g/mol. The molecule has 0 aliphatic carbocycles. The second kappa shape index (κ2) is 7.48. The van der Waals surface area contributed by atoms with Crippen molar-refractivity contribution in [2.24, 2.45) is 0 Å². The van der Waals surface area contributed by atoms with Crippen molar-refractivity contribution in [3.63, 3.8) is 0 Å². The second-order valence-electron chi connectivity index (χ2n) is 4.95. The van der Waals surface area contributed by atoms with Crippen molar-refractivity contribution in [3.05, 3.63) is 58.6 Å². The van der Waals surface area contributed by atoms with E-state index in [4.69, 9.17) is 9.83 Å². The molecule has 0 fully saturated rings. The average Bonchev–Trinajstić information content (AvgIpc) is 3.11. The van der Waals surface area contributed by atoms with Gasteiger partial charge in [0.1, 0.15) is 5.76 Å². The topological polar surface area (TPSA) is 41.9 Å². The summed E-state index contributed by atoms with van der Waals surface area (Å²) < 4.78 is 7.65. The van der Waals surface area contributed by atoms with Gasteiger partial charge in [0, 0.05) is 23.3 Å². The van der Waals surface area contributed by atoms with Crippen LogP contribution in [0, 0.1) is 5.41 Å². The van der Waals surface area contributed by atoms with Crippen LogP contribution in [-0.4, -0.2) is 10.8 Å². The lowest BCUT2D eigenvalue weighted by Crippen LogP contribution is -2.28. The lowest BCUT2D eigenvalue weighted by atomic mass is 10.3. The summed E-state index contributed by atoms with van der Waals surface area (Å²) in [6.45, 7) is 4.90. The van der Waals surface area contributed by atoms with Gasteiger partial charge in [-0.05, 0) is 36.8 Å². The van der Waals surface area contributed by atoms with Crippen molar-refractivity contribution in [3.8, 4) is 0 Å². The number of nitrogens with zero attached hydrogens (tertiary/aromatic N) is 1. The van der Waals surface area contributed by atoms with Crippen LogP contribution in [0.15, 0.2) is 41.2 Å². The number of aromatic nitrogens is 1. The largest absolute Gasteiger partial charge is 0.467 e. The van der Waals surface area contributed by atoms with E-state index in [-0.39, 0.29) is 0 Å². The van der Waals surface area contributed by atoms with Crippen LogP contribution in [0.5, 0.6) is 0 Å². The van der Waals surface area contributed by atoms with E-state index < -0.39 is 0 Å². The minimum Gasteiger partial charge on any atom is -0.467 e. The highest BCUT2D eigenvalue weighted by atomic mass is 16.3. The van der Waals surface area contributed by atoms with E-state index in [2.05, 4.69) is 48.1 Å². The molecule has 21 heavy (non-hydrogen) atoms. The van der Waals surface area contributed by atoms with Crippen molar-refractivity contribution in [1.82, 2.24) is 4.57 Å². The fourth-order valence-electron chi connectivity index (χ4n) is 2.22. The summed E-state index contributed by atoms with van der Waals surface area (Å²) in [6.07, 6.45) is 15.8. The Labute approximate surface area is 125 Å². The number of hydrogen-bond acceptors (Lipinski definition) is 2. The molecule has 2 aromatic heterocycles. The van der Waals surface area contributed by atoms with E-state index >= 15 is 0 Å². The summed E-state index contributed by atoms with van der Waals surface area (Å²) in [4.78, 5) is 0. The van der Waals surface area contributed by atoms with Gasteiger partial charge in [-0.25, -0.2) is 0 Å². The van der Waals surface area contributed by atoms with E-state index in [0.717, 1.165) is 24.2 Å². The first kappa shape index (κ1) is 15.1. The normalized spacial score (nSPS) is 13.4. The molecule has 0 unspecified atom stereocenters. The van der Waals surface area contributed by atoms with Crippen molar-refractivity contribution in [2.75, 3.05) is 0 Å². The number of unbranched alkanes of at least 4 members (excludes halogenated alkanes) is 1. The minimum atomic E-state index is 0.676. The molecule has 0 aromatic carbocycles. The van der Waals surface area contributed by atoms with Crippen LogP contribution >= 0.6 is 0 Å². The van der Waals surface area contributed by atoms with Gasteiger partial charge < -0.3 is 14.4 Å². The van der Waals surface area contributed by atoms with Gasteiger partial charge in [0.05, 0.1) is 12.8 Å². The SMILES string of the molecule is C/C=c1/ccn(Cc2cc(C=N)co2)/c1=C/C=C\CCC. The zero-order chi connectivity index (χ0) is 15.1. The molecule has 0 radical (unpaired) electrons. The quantitative estimate of drug-likeness (QED) is 0.813. The third-order valence-electron chi connectivity index (χ3n) is 3.36. The van der Waals surface area contributed by atoms with E-state index in [9.17, 15) is 0 Å². The first-order valence-electron chi connectivity index (χ1n) is 7.34. The molecule has 2 rings (SSSR count). The molecular formula is C18H22N2O. The number of rotatable bonds is 6. The van der Waals surface area contributed by atoms with Crippen LogP contribution in [-0.2, 0) is 6.54 Å². The summed E-state index contributed by atoms with van der Waals surface area (Å²) in [5.41, 5.74) is 0.799. The van der Waals surface area contributed by atoms with Crippen molar-refractivity contribution in [1.29, 1.82) is 5.41 Å². The molecule has 3 nitrogen and oxygen atoms in total. The van der Waals surface area contributed by atoms with Crippen LogP contribution in [0.2, 0.25) is 0 Å². The Bertz CT molecular complexity index is 732. The molecule has 0 aliphatic rings. The van der Waals surface area contributed by atoms with E-state index in [1.165, 1.54) is 16.8 Å². The Hall–Kier alpha value is -2.29. The second-order valence-corrected chi connectivity index (χ2v) is 4.95. The van der Waals surface area contributed by atoms with Gasteiger partial charge in [-0.15, -0.1) is 0 Å². The highest BCUT2D eigenvalue weighted by molar-refractivity contribution is 5.76. The zero-order valence-electron chi connectivity index (χ0n) is 12.7. The maximum atomic E-state index is 7.23. The van der Waals surface area contributed by atoms with Crippen molar-refractivity contribution in [2.45, 2.75) is 33.2 Å². The monoisotopic (exact) mass is 282 g/mol. The van der Waals surface area contributed by atoms with Crippen LogP contribution in [0.25, 0.3) is 12.2 Å². The molecule has 0 saturated carbocycles. The van der Waals surface area contributed by atoms with Crippen molar-refractivity contribution >= 4 is 18.4 Å². The van der Waals surface area contributed by atoms with E-state index in [0.29, 0.717) is 6.54 Å². The first-order valence-corrected chi connectivity index (χ1v) is 7.34. The fraction of sp³-hybridized carbons (Fsp3) is 0.278. The maximum absolute atomic E-state index is 7.23. The van der Waals surface area contributed by atoms with Gasteiger partial charge in [0.15, 0.2) is 0 Å². The third kappa shape index (κ3) is 3.85. The van der Waals surface area contributed by atoms with Gasteiger partial charge in [-0.1, -0.05) is 31.6 Å². The molecule has 0 bridgehead atoms. The van der Waals surface area contributed by atoms with Crippen LogP contribution in [0.3, 0.4) is 0 Å². The summed E-state index contributed by atoms with van der Waals surface area (Å²) in [7, 11) is 0. The van der Waals surface area contributed by atoms with Crippen molar-refractivity contribution < 1.29 is 4.42 Å². The Morgan fingerprint density at radius 2 is 2.24 bits per heavy atom. The molecule has 0 amide bonds. The number of allylic oxidation sites excluding steroid dienone is 2. The Morgan fingerprint density at radius 3 is 2.90 bits per heavy atom. The lowest BCUT2D eigenvalue weighted by molar-refractivity contribution is 0.491. The van der Waals surface area contributed by atoms with Gasteiger partial charge in [-0.2, -0.15) is 0 Å². The van der Waals surface area contributed by atoms with Crippen LogP contribution in [0.1, 0.15) is 38.0 Å². The Morgan fingerprint density at radius 1 is 1.38 bits per heavy atom. The summed E-state index contributed by atoms with van der Waals surface area (Å²) in [6, 6.07) is 4.01. The molecule has 0 atom stereocenters. The molecule has 0 saturated heterocycles. The number of nitrogens with one attached hydrogen (secondary N) is 1. The predicted molar refractivity (Wildman–Crippen MR) is 88.0 cm³/mol. The van der Waals surface area contributed by atoms with Crippen LogP contribution in [0.4, 0.5) is 0 Å².